The van der Waals surface area contributed by atoms with Gasteiger partial charge in [0.05, 0.1) is 0 Å². The number of aryl methyl sites for hydroxylation is 1. The summed E-state index contributed by atoms with van der Waals surface area (Å²) in [7, 11) is -1.25. The third-order valence-electron chi connectivity index (χ3n) is 3.62. The Balaban J connectivity index is 1.43. The molecule has 0 fully saturated rings. The number of nitrogens with zero attached hydrogens (tertiary/aromatic N) is 3. The third-order valence-corrected chi connectivity index (χ3v) is 4.84. The minimum atomic E-state index is -1.25. The van der Waals surface area contributed by atoms with Crippen molar-refractivity contribution in [1.82, 2.24) is 15.2 Å². The molecular formula is C18H19N3O2S. The van der Waals surface area contributed by atoms with E-state index in [0.717, 1.165) is 25.7 Å². The highest BCUT2D eigenvalue weighted by Crippen LogP contribution is 2.17. The topological polar surface area (TPSA) is 68.9 Å². The zero-order chi connectivity index (χ0) is 16.6. The van der Waals surface area contributed by atoms with Gasteiger partial charge in [0.2, 0.25) is 0 Å². The first-order valence-electron chi connectivity index (χ1n) is 8.00. The predicted octanol–water partition coefficient (Wildman–Crippen LogP) is 3.65. The van der Waals surface area contributed by atoms with Gasteiger partial charge in [0.15, 0.2) is 0 Å². The molecule has 2 heterocycles. The molecule has 6 heteroatoms. The standard InChI is InChI=1S/C18H19N3O2S/c22-24(14-8-2-5-11-15-9-3-1-4-10-15)18-21-20-17(23-18)16-12-6-7-13-19-16/h1,3-4,6-7,9-10,12-13H,2,5,8,11,14H2. The van der Waals surface area contributed by atoms with Gasteiger partial charge in [-0.3, -0.25) is 4.98 Å². The number of pyridine rings is 1. The number of hydrogen-bond donors (Lipinski definition) is 0. The molecule has 0 aliphatic rings. The molecule has 0 aliphatic carbocycles. The Morgan fingerprint density at radius 2 is 1.75 bits per heavy atom. The summed E-state index contributed by atoms with van der Waals surface area (Å²) in [5.74, 6) is 0.849. The van der Waals surface area contributed by atoms with Crippen LogP contribution in [0.25, 0.3) is 11.6 Å². The maximum atomic E-state index is 12.2. The lowest BCUT2D eigenvalue weighted by molar-refractivity contribution is 0.454. The van der Waals surface area contributed by atoms with Crippen molar-refractivity contribution >= 4 is 10.8 Å². The lowest BCUT2D eigenvalue weighted by Gasteiger charge is -2.01. The van der Waals surface area contributed by atoms with Crippen LogP contribution in [-0.2, 0) is 17.2 Å². The Morgan fingerprint density at radius 3 is 2.54 bits per heavy atom. The minimum absolute atomic E-state index is 0.179. The average molecular weight is 341 g/mol. The van der Waals surface area contributed by atoms with Crippen molar-refractivity contribution in [2.45, 2.75) is 30.9 Å². The SMILES string of the molecule is O=S(CCCCCc1ccccc1)c1nnc(-c2ccccn2)o1. The molecule has 2 aromatic heterocycles. The van der Waals surface area contributed by atoms with Crippen LogP contribution in [0.15, 0.2) is 64.4 Å². The second-order valence-electron chi connectivity index (χ2n) is 5.43. The molecule has 1 atom stereocenters. The van der Waals surface area contributed by atoms with E-state index >= 15 is 0 Å². The molecule has 0 amide bonds. The summed E-state index contributed by atoms with van der Waals surface area (Å²) in [5, 5.41) is 7.98. The first-order valence-corrected chi connectivity index (χ1v) is 9.32. The highest BCUT2D eigenvalue weighted by molar-refractivity contribution is 7.84. The van der Waals surface area contributed by atoms with Gasteiger partial charge >= 0.3 is 5.22 Å². The zero-order valence-corrected chi connectivity index (χ0v) is 14.1. The molecule has 5 nitrogen and oxygen atoms in total. The molecule has 0 saturated carbocycles. The maximum absolute atomic E-state index is 12.2. The van der Waals surface area contributed by atoms with Gasteiger partial charge in [-0.05, 0) is 37.0 Å². The van der Waals surface area contributed by atoms with Gasteiger partial charge in [-0.1, -0.05) is 47.9 Å². The minimum Gasteiger partial charge on any atom is -0.408 e. The van der Waals surface area contributed by atoms with Crippen LogP contribution in [0.5, 0.6) is 0 Å². The van der Waals surface area contributed by atoms with Crippen LogP contribution < -0.4 is 0 Å². The van der Waals surface area contributed by atoms with Crippen LogP contribution in [0.1, 0.15) is 24.8 Å². The highest BCUT2D eigenvalue weighted by atomic mass is 32.2. The normalized spacial score (nSPS) is 12.2. The smallest absolute Gasteiger partial charge is 0.307 e. The zero-order valence-electron chi connectivity index (χ0n) is 13.3. The van der Waals surface area contributed by atoms with Crippen molar-refractivity contribution in [3.05, 3.63) is 60.3 Å². The summed E-state index contributed by atoms with van der Waals surface area (Å²) in [6.45, 7) is 0. The Hall–Kier alpha value is -2.34. The monoisotopic (exact) mass is 341 g/mol. The largest absolute Gasteiger partial charge is 0.408 e. The van der Waals surface area contributed by atoms with Crippen molar-refractivity contribution < 1.29 is 8.63 Å². The van der Waals surface area contributed by atoms with Crippen molar-refractivity contribution in [2.75, 3.05) is 5.75 Å². The quantitative estimate of drug-likeness (QED) is 0.585. The molecule has 0 aliphatic heterocycles. The van der Waals surface area contributed by atoms with E-state index in [1.165, 1.54) is 5.56 Å². The van der Waals surface area contributed by atoms with E-state index in [1.807, 2.05) is 18.2 Å². The fourth-order valence-electron chi connectivity index (χ4n) is 2.37. The predicted molar refractivity (Wildman–Crippen MR) is 92.8 cm³/mol. The van der Waals surface area contributed by atoms with Gasteiger partial charge in [-0.2, -0.15) is 0 Å². The highest BCUT2D eigenvalue weighted by Gasteiger charge is 2.14. The Labute approximate surface area is 143 Å². The lowest BCUT2D eigenvalue weighted by atomic mass is 10.1. The Bertz CT molecular complexity index is 775. The van der Waals surface area contributed by atoms with Crippen LogP contribution in [-0.4, -0.2) is 25.1 Å². The van der Waals surface area contributed by atoms with E-state index in [-0.39, 0.29) is 5.22 Å². The summed E-state index contributed by atoms with van der Waals surface area (Å²) < 4.78 is 17.7. The Morgan fingerprint density at radius 1 is 0.917 bits per heavy atom. The fourth-order valence-corrected chi connectivity index (χ4v) is 3.31. The molecule has 0 radical (unpaired) electrons. The molecule has 3 aromatic rings. The van der Waals surface area contributed by atoms with Gasteiger partial charge in [-0.15, -0.1) is 5.10 Å². The van der Waals surface area contributed by atoms with Crippen LogP contribution in [0.4, 0.5) is 0 Å². The maximum Gasteiger partial charge on any atom is 0.307 e. The van der Waals surface area contributed by atoms with E-state index < -0.39 is 10.8 Å². The van der Waals surface area contributed by atoms with Crippen molar-refractivity contribution in [2.24, 2.45) is 0 Å². The fraction of sp³-hybridized carbons (Fsp3) is 0.278. The lowest BCUT2D eigenvalue weighted by Crippen LogP contribution is -1.99. The second-order valence-corrected chi connectivity index (χ2v) is 6.88. The van der Waals surface area contributed by atoms with Gasteiger partial charge in [0.25, 0.3) is 5.89 Å². The van der Waals surface area contributed by atoms with E-state index in [4.69, 9.17) is 4.42 Å². The third kappa shape index (κ3) is 4.58. The molecule has 124 valence electrons. The molecule has 0 saturated heterocycles. The molecule has 0 N–H and O–H groups in total. The average Bonchev–Trinajstić information content (AvgIpc) is 3.13. The van der Waals surface area contributed by atoms with Crippen molar-refractivity contribution in [3.8, 4) is 11.6 Å². The number of unbranched alkanes of at least 4 members (excludes halogenated alkanes) is 2. The van der Waals surface area contributed by atoms with Gasteiger partial charge in [0.1, 0.15) is 16.5 Å². The summed E-state index contributed by atoms with van der Waals surface area (Å²) in [6, 6.07) is 15.8. The molecule has 0 spiro atoms. The van der Waals surface area contributed by atoms with Gasteiger partial charge in [0, 0.05) is 11.9 Å². The van der Waals surface area contributed by atoms with Crippen molar-refractivity contribution in [3.63, 3.8) is 0 Å². The number of hydrogen-bond acceptors (Lipinski definition) is 5. The molecule has 0 bridgehead atoms. The first kappa shape index (κ1) is 16.5. The van der Waals surface area contributed by atoms with E-state index in [1.54, 1.807) is 12.3 Å². The summed E-state index contributed by atoms with van der Waals surface area (Å²) in [5.41, 5.74) is 1.94. The second kappa shape index (κ2) is 8.49. The van der Waals surface area contributed by atoms with Gasteiger partial charge in [-0.25, -0.2) is 4.21 Å². The van der Waals surface area contributed by atoms with Crippen LogP contribution in [0.3, 0.4) is 0 Å². The number of benzene rings is 1. The van der Waals surface area contributed by atoms with Crippen LogP contribution in [0.2, 0.25) is 0 Å². The molecule has 1 unspecified atom stereocenters. The Kier molecular flexibility index (Phi) is 5.85. The molecular weight excluding hydrogens is 322 g/mol. The summed E-state index contributed by atoms with van der Waals surface area (Å²) in [4.78, 5) is 4.14. The van der Waals surface area contributed by atoms with Crippen LogP contribution >= 0.6 is 0 Å². The molecule has 24 heavy (non-hydrogen) atoms. The van der Waals surface area contributed by atoms with E-state index in [9.17, 15) is 4.21 Å². The first-order chi connectivity index (χ1) is 11.8. The summed E-state index contributed by atoms with van der Waals surface area (Å²) in [6.07, 6.45) is 5.70. The van der Waals surface area contributed by atoms with Crippen molar-refractivity contribution in [1.29, 1.82) is 0 Å². The molecule has 1 aromatic carbocycles. The van der Waals surface area contributed by atoms with Gasteiger partial charge < -0.3 is 4.42 Å². The number of aromatic nitrogens is 3. The van der Waals surface area contributed by atoms with Crippen LogP contribution in [0, 0.1) is 0 Å². The number of rotatable bonds is 8. The van der Waals surface area contributed by atoms with E-state index in [2.05, 4.69) is 39.4 Å². The molecule has 3 rings (SSSR count). The van der Waals surface area contributed by atoms with E-state index in [0.29, 0.717) is 17.3 Å². The summed E-state index contributed by atoms with van der Waals surface area (Å²) >= 11 is 0.